The SMILES string of the molecule is CC(C)[C@@H](NC(=O)CNC(=O)c1ccc(Cl)cc1)c1ccc2c(c1)OCCO2. The Bertz CT molecular complexity index is 852. The Labute approximate surface area is 169 Å². The third-order valence-electron chi connectivity index (χ3n) is 4.42. The highest BCUT2D eigenvalue weighted by molar-refractivity contribution is 6.30. The van der Waals surface area contributed by atoms with Gasteiger partial charge in [0.05, 0.1) is 12.6 Å². The molecule has 0 saturated heterocycles. The van der Waals surface area contributed by atoms with Crippen LogP contribution < -0.4 is 20.1 Å². The van der Waals surface area contributed by atoms with E-state index in [0.717, 1.165) is 5.56 Å². The number of ether oxygens (including phenoxy) is 2. The molecule has 2 aromatic carbocycles. The predicted molar refractivity (Wildman–Crippen MR) is 107 cm³/mol. The summed E-state index contributed by atoms with van der Waals surface area (Å²) in [7, 11) is 0. The van der Waals surface area contributed by atoms with Crippen molar-refractivity contribution in [2.75, 3.05) is 19.8 Å². The van der Waals surface area contributed by atoms with Crippen molar-refractivity contribution in [3.63, 3.8) is 0 Å². The summed E-state index contributed by atoms with van der Waals surface area (Å²) in [6.45, 7) is 4.97. The van der Waals surface area contributed by atoms with Crippen molar-refractivity contribution < 1.29 is 19.1 Å². The summed E-state index contributed by atoms with van der Waals surface area (Å²) in [6.07, 6.45) is 0. The maximum atomic E-state index is 12.4. The second-order valence-electron chi connectivity index (χ2n) is 6.88. The molecule has 0 fully saturated rings. The lowest BCUT2D eigenvalue weighted by Gasteiger charge is -2.25. The van der Waals surface area contributed by atoms with Crippen molar-refractivity contribution in [2.24, 2.45) is 5.92 Å². The average molecular weight is 403 g/mol. The van der Waals surface area contributed by atoms with Crippen LogP contribution in [0.1, 0.15) is 35.8 Å². The number of carbonyl (C=O) groups excluding carboxylic acids is 2. The fraction of sp³-hybridized carbons (Fsp3) is 0.333. The van der Waals surface area contributed by atoms with E-state index < -0.39 is 0 Å². The molecule has 1 aliphatic rings. The van der Waals surface area contributed by atoms with Crippen molar-refractivity contribution in [2.45, 2.75) is 19.9 Å². The Morgan fingerprint density at radius 3 is 2.39 bits per heavy atom. The number of halogens is 1. The number of fused-ring (bicyclic) bond motifs is 1. The summed E-state index contributed by atoms with van der Waals surface area (Å²) in [4.78, 5) is 24.6. The highest BCUT2D eigenvalue weighted by Crippen LogP contribution is 2.34. The van der Waals surface area contributed by atoms with Gasteiger partial charge in [-0.2, -0.15) is 0 Å². The van der Waals surface area contributed by atoms with E-state index in [-0.39, 0.29) is 30.3 Å². The molecule has 0 unspecified atom stereocenters. The van der Waals surface area contributed by atoms with Crippen LogP contribution in [0.4, 0.5) is 0 Å². The van der Waals surface area contributed by atoms with E-state index in [2.05, 4.69) is 10.6 Å². The van der Waals surface area contributed by atoms with Crippen LogP contribution in [0.15, 0.2) is 42.5 Å². The third kappa shape index (κ3) is 4.95. The first-order valence-electron chi connectivity index (χ1n) is 9.16. The maximum absolute atomic E-state index is 12.4. The second kappa shape index (κ2) is 8.97. The number of amides is 2. The number of rotatable bonds is 6. The van der Waals surface area contributed by atoms with Crippen molar-refractivity contribution in [1.29, 1.82) is 0 Å². The summed E-state index contributed by atoms with van der Waals surface area (Å²) in [5.41, 5.74) is 1.38. The smallest absolute Gasteiger partial charge is 0.251 e. The molecule has 148 valence electrons. The van der Waals surface area contributed by atoms with Gasteiger partial charge in [-0.05, 0) is 47.9 Å². The molecule has 1 atom stereocenters. The zero-order valence-electron chi connectivity index (χ0n) is 15.8. The Morgan fingerprint density at radius 2 is 1.71 bits per heavy atom. The molecule has 1 heterocycles. The lowest BCUT2D eigenvalue weighted by atomic mass is 9.95. The molecule has 0 radical (unpaired) electrons. The van der Waals surface area contributed by atoms with Crippen molar-refractivity contribution in [3.05, 3.63) is 58.6 Å². The highest BCUT2D eigenvalue weighted by Gasteiger charge is 2.21. The number of nitrogens with one attached hydrogen (secondary N) is 2. The minimum atomic E-state index is -0.327. The first-order chi connectivity index (χ1) is 13.4. The molecule has 0 aromatic heterocycles. The van der Waals surface area contributed by atoms with E-state index in [9.17, 15) is 9.59 Å². The van der Waals surface area contributed by atoms with Crippen LogP contribution in [0.3, 0.4) is 0 Å². The van der Waals surface area contributed by atoms with Gasteiger partial charge in [-0.1, -0.05) is 31.5 Å². The molecular formula is C21H23ClN2O4. The van der Waals surface area contributed by atoms with Gasteiger partial charge in [-0.15, -0.1) is 0 Å². The molecule has 7 heteroatoms. The summed E-state index contributed by atoms with van der Waals surface area (Å²) in [5.74, 6) is 0.945. The number of hydrogen-bond donors (Lipinski definition) is 2. The minimum Gasteiger partial charge on any atom is -0.486 e. The normalized spacial score (nSPS) is 13.7. The molecular weight excluding hydrogens is 380 g/mol. The van der Waals surface area contributed by atoms with Crippen molar-refractivity contribution in [1.82, 2.24) is 10.6 Å². The summed E-state index contributed by atoms with van der Waals surface area (Å²) < 4.78 is 11.2. The van der Waals surface area contributed by atoms with Crippen LogP contribution in [0.5, 0.6) is 11.5 Å². The van der Waals surface area contributed by atoms with Crippen LogP contribution in [0.25, 0.3) is 0 Å². The molecule has 6 nitrogen and oxygen atoms in total. The van der Waals surface area contributed by atoms with Gasteiger partial charge in [0.25, 0.3) is 5.91 Å². The molecule has 2 aromatic rings. The molecule has 0 aliphatic carbocycles. The largest absolute Gasteiger partial charge is 0.486 e. The highest BCUT2D eigenvalue weighted by atomic mass is 35.5. The molecule has 0 spiro atoms. The molecule has 1 aliphatic heterocycles. The fourth-order valence-electron chi connectivity index (χ4n) is 2.98. The molecule has 2 amide bonds. The summed E-state index contributed by atoms with van der Waals surface area (Å²) in [6, 6.07) is 11.9. The number of benzene rings is 2. The Morgan fingerprint density at radius 1 is 1.04 bits per heavy atom. The molecule has 2 N–H and O–H groups in total. The van der Waals surface area contributed by atoms with E-state index in [0.29, 0.717) is 35.3 Å². The van der Waals surface area contributed by atoms with E-state index in [1.807, 2.05) is 32.0 Å². The maximum Gasteiger partial charge on any atom is 0.251 e. The molecule has 28 heavy (non-hydrogen) atoms. The standard InChI is InChI=1S/C21H23ClN2O4/c1-13(2)20(15-5-8-17-18(11-15)28-10-9-27-17)24-19(25)12-23-21(26)14-3-6-16(22)7-4-14/h3-8,11,13,20H,9-10,12H2,1-2H3,(H,23,26)(H,24,25)/t20-/m1/s1. The molecule has 0 bridgehead atoms. The van der Waals surface area contributed by atoms with Gasteiger partial charge < -0.3 is 20.1 Å². The van der Waals surface area contributed by atoms with Gasteiger partial charge in [-0.3, -0.25) is 9.59 Å². The van der Waals surface area contributed by atoms with Crippen LogP contribution in [0.2, 0.25) is 5.02 Å². The van der Waals surface area contributed by atoms with Crippen molar-refractivity contribution >= 4 is 23.4 Å². The van der Waals surface area contributed by atoms with Crippen LogP contribution in [-0.2, 0) is 4.79 Å². The van der Waals surface area contributed by atoms with Crippen LogP contribution in [-0.4, -0.2) is 31.6 Å². The first kappa shape index (κ1) is 20.0. The summed E-state index contributed by atoms with van der Waals surface area (Å²) >= 11 is 5.82. The van der Waals surface area contributed by atoms with Gasteiger partial charge >= 0.3 is 0 Å². The zero-order valence-corrected chi connectivity index (χ0v) is 16.6. The lowest BCUT2D eigenvalue weighted by Crippen LogP contribution is -2.40. The van der Waals surface area contributed by atoms with Gasteiger partial charge in [0, 0.05) is 10.6 Å². The Balaban J connectivity index is 1.61. The van der Waals surface area contributed by atoms with Crippen molar-refractivity contribution in [3.8, 4) is 11.5 Å². The number of carbonyl (C=O) groups is 2. The second-order valence-corrected chi connectivity index (χ2v) is 7.32. The van der Waals surface area contributed by atoms with Gasteiger partial charge in [0.15, 0.2) is 11.5 Å². The van der Waals surface area contributed by atoms with Gasteiger partial charge in [0.2, 0.25) is 5.91 Å². The Kier molecular flexibility index (Phi) is 6.41. The Hall–Kier alpha value is -2.73. The van der Waals surface area contributed by atoms with E-state index >= 15 is 0 Å². The lowest BCUT2D eigenvalue weighted by molar-refractivity contribution is -0.121. The minimum absolute atomic E-state index is 0.116. The molecule has 0 saturated carbocycles. The van der Waals surface area contributed by atoms with Gasteiger partial charge in [0.1, 0.15) is 13.2 Å². The van der Waals surface area contributed by atoms with E-state index in [1.165, 1.54) is 0 Å². The fourth-order valence-corrected chi connectivity index (χ4v) is 3.10. The average Bonchev–Trinajstić information content (AvgIpc) is 2.70. The first-order valence-corrected chi connectivity index (χ1v) is 9.54. The van der Waals surface area contributed by atoms with E-state index in [1.54, 1.807) is 24.3 Å². The third-order valence-corrected chi connectivity index (χ3v) is 4.68. The number of hydrogen-bond acceptors (Lipinski definition) is 4. The summed E-state index contributed by atoms with van der Waals surface area (Å²) in [5, 5.41) is 6.16. The monoisotopic (exact) mass is 402 g/mol. The van der Waals surface area contributed by atoms with Gasteiger partial charge in [-0.25, -0.2) is 0 Å². The zero-order chi connectivity index (χ0) is 20.1. The quantitative estimate of drug-likeness (QED) is 0.776. The topological polar surface area (TPSA) is 76.7 Å². The van der Waals surface area contributed by atoms with Crippen LogP contribution in [0, 0.1) is 5.92 Å². The molecule has 3 rings (SSSR count). The van der Waals surface area contributed by atoms with E-state index in [4.69, 9.17) is 21.1 Å². The van der Waals surface area contributed by atoms with Crippen LogP contribution >= 0.6 is 11.6 Å². The predicted octanol–water partition coefficient (Wildman–Crippen LogP) is 3.35.